The van der Waals surface area contributed by atoms with Crippen molar-refractivity contribution >= 4 is 97.9 Å². The Morgan fingerprint density at radius 1 is 0.549 bits per heavy atom. The zero-order valence-electron chi connectivity index (χ0n) is 28.4. The molecule has 4 aromatic rings. The fourth-order valence-electron chi connectivity index (χ4n) is 5.05. The Bertz CT molecular complexity index is 1990. The topological polar surface area (TPSA) is 104 Å². The molecule has 0 radical (unpaired) electrons. The zero-order valence-corrected chi connectivity index (χ0v) is 32.4. The molecule has 0 bridgehead atoms. The van der Waals surface area contributed by atoms with E-state index in [4.69, 9.17) is 67.0 Å². The van der Waals surface area contributed by atoms with Gasteiger partial charge in [-0.1, -0.05) is 96.6 Å². The molecule has 0 aliphatic carbocycles. The maximum absolute atomic E-state index is 14.1. The Kier molecular flexibility index (Phi) is 15.0. The summed E-state index contributed by atoms with van der Waals surface area (Å²) in [5.74, 6) is -0.571. The fraction of sp³-hybridized carbons (Fsp3) is 0.154. The fourth-order valence-corrected chi connectivity index (χ4v) is 6.04. The summed E-state index contributed by atoms with van der Waals surface area (Å²) in [7, 11) is 0. The predicted molar refractivity (Wildman–Crippen MR) is 208 cm³/mol. The average molecular weight is 805 g/mol. The van der Waals surface area contributed by atoms with Gasteiger partial charge >= 0.3 is 16.5 Å². The first kappa shape index (κ1) is 41.4. The van der Waals surface area contributed by atoms with Crippen LogP contribution in [-0.2, 0) is 21.3 Å². The number of halogens is 4. The van der Waals surface area contributed by atoms with E-state index in [0.717, 1.165) is 0 Å². The van der Waals surface area contributed by atoms with E-state index < -0.39 is 0 Å². The molecule has 0 spiro atoms. The number of Topliss-reactive ketones (excluding diaryl/α,β-unsaturated/α-hetero) is 3. The molecule has 1 aliphatic heterocycles. The first-order valence-corrected chi connectivity index (χ1v) is 16.8. The van der Waals surface area contributed by atoms with Crippen LogP contribution >= 0.6 is 46.4 Å². The summed E-state index contributed by atoms with van der Waals surface area (Å²) in [5.41, 5.74) is 4.49. The van der Waals surface area contributed by atoms with E-state index in [1.807, 2.05) is 24.3 Å². The van der Waals surface area contributed by atoms with Crippen LogP contribution in [0.4, 0.5) is 22.7 Å². The third-order valence-corrected chi connectivity index (χ3v) is 8.26. The zero-order chi connectivity index (χ0) is 36.7. The summed E-state index contributed by atoms with van der Waals surface area (Å²) >= 11 is 25.2. The van der Waals surface area contributed by atoms with Gasteiger partial charge in [-0.15, -0.1) is 11.4 Å². The number of fused-ring (bicyclic) bond motifs is 2. The minimum Gasteiger partial charge on any atom is -0.662 e. The largest absolute Gasteiger partial charge is 2.00 e. The number of benzene rings is 4. The van der Waals surface area contributed by atoms with E-state index in [9.17, 15) is 14.4 Å². The maximum atomic E-state index is 14.1. The van der Waals surface area contributed by atoms with Crippen molar-refractivity contribution in [2.75, 3.05) is 0 Å². The second kappa shape index (κ2) is 18.5. The van der Waals surface area contributed by atoms with E-state index in [0.29, 0.717) is 55.6 Å². The van der Waals surface area contributed by atoms with Crippen LogP contribution in [0.15, 0.2) is 117 Å². The SMILES string of the molecule is CC(C)=O.CC1=Nc2ccccc2N=C(C)/C(C(=O)c2ccc(Cl)cc2Cl)=C(/C)[N-]c2ccccc2[N-]/C(C)=C\1C(=O)c1ccc(Cl)cc1Cl.[Ni+2]. The van der Waals surface area contributed by atoms with E-state index >= 15 is 0 Å². The summed E-state index contributed by atoms with van der Waals surface area (Å²) in [5, 5.41) is 10.9. The van der Waals surface area contributed by atoms with Crippen LogP contribution in [0.5, 0.6) is 0 Å². The van der Waals surface area contributed by atoms with Crippen molar-refractivity contribution in [1.82, 2.24) is 0 Å². The smallest absolute Gasteiger partial charge is 0.662 e. The number of allylic oxidation sites excluding steroid dienone is 4. The third kappa shape index (κ3) is 10.5. The van der Waals surface area contributed by atoms with Crippen molar-refractivity contribution in [1.29, 1.82) is 0 Å². The molecule has 7 nitrogen and oxygen atoms in total. The van der Waals surface area contributed by atoms with E-state index in [1.165, 1.54) is 26.0 Å². The van der Waals surface area contributed by atoms with Crippen molar-refractivity contribution in [3.8, 4) is 0 Å². The maximum Gasteiger partial charge on any atom is 2.00 e. The molecule has 0 fully saturated rings. The second-order valence-electron chi connectivity index (χ2n) is 11.3. The Balaban J connectivity index is 0.00000133. The Hall–Kier alpha value is -4.04. The van der Waals surface area contributed by atoms with E-state index in [-0.39, 0.29) is 66.2 Å². The quantitative estimate of drug-likeness (QED) is 0.151. The Morgan fingerprint density at radius 3 is 1.22 bits per heavy atom. The molecule has 264 valence electrons. The van der Waals surface area contributed by atoms with Crippen molar-refractivity contribution in [3.63, 3.8) is 0 Å². The number of para-hydroxylation sites is 4. The molecule has 4 aromatic carbocycles. The molecule has 0 saturated heterocycles. The molecule has 0 aromatic heterocycles. The van der Waals surface area contributed by atoms with Crippen LogP contribution in [0.2, 0.25) is 20.1 Å². The van der Waals surface area contributed by atoms with Gasteiger partial charge in [0.1, 0.15) is 5.78 Å². The summed E-state index contributed by atoms with van der Waals surface area (Å²) in [6.07, 6.45) is 0. The summed E-state index contributed by atoms with van der Waals surface area (Å²) in [6, 6.07) is 23.8. The second-order valence-corrected chi connectivity index (χ2v) is 13.0. The van der Waals surface area contributed by atoms with Crippen molar-refractivity contribution in [3.05, 3.63) is 149 Å². The van der Waals surface area contributed by atoms with E-state index in [2.05, 4.69) is 0 Å². The van der Waals surface area contributed by atoms with Crippen LogP contribution in [0.1, 0.15) is 62.3 Å². The minimum absolute atomic E-state index is 0. The number of ketones is 3. The van der Waals surface area contributed by atoms with Crippen LogP contribution in [-0.4, -0.2) is 28.8 Å². The molecule has 0 N–H and O–H groups in total. The molecule has 1 heterocycles. The van der Waals surface area contributed by atoms with Gasteiger partial charge in [-0.2, -0.15) is 11.4 Å². The molecule has 51 heavy (non-hydrogen) atoms. The van der Waals surface area contributed by atoms with Gasteiger partial charge in [0, 0.05) is 43.7 Å². The molecular weight excluding hydrogens is 773 g/mol. The first-order chi connectivity index (χ1) is 23.7. The van der Waals surface area contributed by atoms with Gasteiger partial charge in [-0.25, -0.2) is 0 Å². The first-order valence-electron chi connectivity index (χ1n) is 15.3. The number of hydrogen-bond donors (Lipinski definition) is 0. The van der Waals surface area contributed by atoms with Gasteiger partial charge in [0.2, 0.25) is 0 Å². The molecule has 0 unspecified atom stereocenters. The Labute approximate surface area is 327 Å². The minimum atomic E-state index is -0.369. The summed E-state index contributed by atoms with van der Waals surface area (Å²) < 4.78 is 0. The van der Waals surface area contributed by atoms with E-state index in [1.54, 1.807) is 76.2 Å². The van der Waals surface area contributed by atoms with Crippen molar-refractivity contribution in [2.45, 2.75) is 41.5 Å². The third-order valence-electron chi connectivity index (χ3n) is 7.17. The molecule has 0 saturated carbocycles. The van der Waals surface area contributed by atoms with Gasteiger partial charge in [0.25, 0.3) is 0 Å². The van der Waals surface area contributed by atoms with Gasteiger partial charge < -0.3 is 15.4 Å². The average Bonchev–Trinajstić information content (AvgIpc) is 3.02. The number of hydrogen-bond acceptors (Lipinski definition) is 5. The number of aliphatic imine (C=N–C) groups is 2. The number of nitrogens with zero attached hydrogens (tertiary/aromatic N) is 4. The summed E-state index contributed by atoms with van der Waals surface area (Å²) in [6.45, 7) is 9.97. The standard InChI is InChI=1S/C36H28Cl4N4O2.C3H6O.Ni/c1-19-33(35(45)25-15-13-23(37)17-27(25)39)20(2)42-31-11-7-8-12-32(31)44-22(4)34(36(46)26-16-14-24(38)18-28(26)40)21(3)43-30-10-6-5-9-29(30)41-19;1-3(2)4;/h5-18H,1-4H3,(H2,41,42,43,44,45,46);1-2H3;/q;;+2/p-2. The van der Waals surface area contributed by atoms with Crippen LogP contribution in [0.3, 0.4) is 0 Å². The van der Waals surface area contributed by atoms with Crippen molar-refractivity contribution < 1.29 is 30.9 Å². The van der Waals surface area contributed by atoms with Gasteiger partial charge in [0.15, 0.2) is 11.6 Å². The molecule has 12 heteroatoms. The predicted octanol–water partition coefficient (Wildman–Crippen LogP) is 13.1. The molecule has 0 atom stereocenters. The van der Waals surface area contributed by atoms with Crippen LogP contribution < -0.4 is 0 Å². The van der Waals surface area contributed by atoms with Gasteiger partial charge in [-0.05, 0) is 76.2 Å². The molecule has 0 amide bonds. The number of carbonyl (C=O) groups excluding carboxylic acids is 3. The molecule has 1 aliphatic rings. The van der Waals surface area contributed by atoms with Gasteiger partial charge in [0.05, 0.1) is 21.4 Å². The van der Waals surface area contributed by atoms with Crippen LogP contribution in [0, 0.1) is 0 Å². The van der Waals surface area contributed by atoms with Crippen molar-refractivity contribution in [2.24, 2.45) is 9.98 Å². The summed E-state index contributed by atoms with van der Waals surface area (Å²) in [4.78, 5) is 47.3. The normalized spacial score (nSPS) is 15.8. The number of carbonyl (C=O) groups is 3. The van der Waals surface area contributed by atoms with Gasteiger partial charge in [-0.3, -0.25) is 19.6 Å². The number of rotatable bonds is 4. The van der Waals surface area contributed by atoms with Crippen LogP contribution in [0.25, 0.3) is 10.6 Å². The molecule has 5 rings (SSSR count). The monoisotopic (exact) mass is 802 g/mol. The Morgan fingerprint density at radius 2 is 0.882 bits per heavy atom. The molecular formula is C39H32Cl4N4NiO3.